The zero-order chi connectivity index (χ0) is 17.4. The first kappa shape index (κ1) is 17.5. The van der Waals surface area contributed by atoms with Gasteiger partial charge < -0.3 is 14.8 Å². The average Bonchev–Trinajstić information content (AvgIpc) is 2.61. The molecule has 0 aliphatic carbocycles. The van der Waals surface area contributed by atoms with E-state index < -0.39 is 12.1 Å². The molecule has 24 heavy (non-hydrogen) atoms. The molecule has 1 unspecified atom stereocenters. The van der Waals surface area contributed by atoms with E-state index in [2.05, 4.69) is 5.32 Å². The van der Waals surface area contributed by atoms with Gasteiger partial charge in [0, 0.05) is 0 Å². The van der Waals surface area contributed by atoms with E-state index in [0.29, 0.717) is 23.4 Å². The lowest BCUT2D eigenvalue weighted by Crippen LogP contribution is -2.33. The van der Waals surface area contributed by atoms with E-state index in [4.69, 9.17) is 9.47 Å². The van der Waals surface area contributed by atoms with Crippen LogP contribution < -0.4 is 10.1 Å². The van der Waals surface area contributed by atoms with Gasteiger partial charge in [-0.15, -0.1) is 0 Å². The zero-order valence-electron chi connectivity index (χ0n) is 13.8. The Bertz CT molecular complexity index is 685. The number of hydrogen-bond acceptors (Lipinski definition) is 4. The molecule has 0 bridgehead atoms. The van der Waals surface area contributed by atoms with Gasteiger partial charge >= 0.3 is 5.97 Å². The molecule has 0 aromatic heterocycles. The van der Waals surface area contributed by atoms with E-state index in [0.717, 1.165) is 0 Å². The van der Waals surface area contributed by atoms with E-state index in [-0.39, 0.29) is 12.5 Å². The predicted octanol–water partition coefficient (Wildman–Crippen LogP) is 3.66. The predicted molar refractivity (Wildman–Crippen MR) is 92.2 cm³/mol. The Morgan fingerprint density at radius 1 is 1.00 bits per heavy atom. The summed E-state index contributed by atoms with van der Waals surface area (Å²) in [5.41, 5.74) is 0.735. The van der Waals surface area contributed by atoms with E-state index in [1.165, 1.54) is 0 Å². The summed E-state index contributed by atoms with van der Waals surface area (Å²) in [5, 5.41) is 2.76. The lowest BCUT2D eigenvalue weighted by molar-refractivity contribution is -0.122. The first-order valence-electron chi connectivity index (χ1n) is 7.94. The lowest BCUT2D eigenvalue weighted by Gasteiger charge is -2.18. The van der Waals surface area contributed by atoms with Crippen LogP contribution in [0.15, 0.2) is 54.6 Å². The van der Waals surface area contributed by atoms with Gasteiger partial charge in [0.2, 0.25) is 0 Å². The fourth-order valence-corrected chi connectivity index (χ4v) is 2.18. The Hall–Kier alpha value is -2.82. The van der Waals surface area contributed by atoms with Crippen molar-refractivity contribution in [2.75, 3.05) is 11.9 Å². The summed E-state index contributed by atoms with van der Waals surface area (Å²) in [6, 6.07) is 15.9. The number of para-hydroxylation sites is 2. The van der Waals surface area contributed by atoms with E-state index in [1.807, 2.05) is 25.1 Å². The number of esters is 1. The van der Waals surface area contributed by atoms with Crippen molar-refractivity contribution in [1.29, 1.82) is 0 Å². The molecule has 2 aromatic rings. The third-order valence-electron chi connectivity index (χ3n) is 3.37. The second-order valence-electron chi connectivity index (χ2n) is 5.08. The number of nitrogens with one attached hydrogen (secondary N) is 1. The van der Waals surface area contributed by atoms with Gasteiger partial charge in [0.25, 0.3) is 5.91 Å². The number of amides is 1. The zero-order valence-corrected chi connectivity index (χ0v) is 13.8. The second-order valence-corrected chi connectivity index (χ2v) is 5.08. The number of rotatable bonds is 7. The monoisotopic (exact) mass is 327 g/mol. The van der Waals surface area contributed by atoms with Gasteiger partial charge in [-0.3, -0.25) is 4.79 Å². The minimum Gasteiger partial charge on any atom is -0.481 e. The molecule has 1 atom stereocenters. The first-order valence-corrected chi connectivity index (χ1v) is 7.94. The summed E-state index contributed by atoms with van der Waals surface area (Å²) in [6.45, 7) is 3.88. The Labute approximate surface area is 141 Å². The molecule has 1 N–H and O–H groups in total. The maximum Gasteiger partial charge on any atom is 0.340 e. The van der Waals surface area contributed by atoms with Crippen molar-refractivity contribution in [3.05, 3.63) is 60.2 Å². The summed E-state index contributed by atoms with van der Waals surface area (Å²) in [4.78, 5) is 24.5. The molecule has 2 aromatic carbocycles. The van der Waals surface area contributed by atoms with Crippen LogP contribution >= 0.6 is 0 Å². The first-order chi connectivity index (χ1) is 11.7. The summed E-state index contributed by atoms with van der Waals surface area (Å²) in [7, 11) is 0. The number of carbonyl (C=O) groups is 2. The van der Waals surface area contributed by atoms with Gasteiger partial charge in [-0.25, -0.2) is 4.79 Å². The van der Waals surface area contributed by atoms with Crippen molar-refractivity contribution in [2.45, 2.75) is 26.4 Å². The molecule has 0 fully saturated rings. The summed E-state index contributed by atoms with van der Waals surface area (Å²) in [5.74, 6) is -0.151. The minimum absolute atomic E-state index is 0.274. The molecule has 0 spiro atoms. The van der Waals surface area contributed by atoms with Crippen LogP contribution in [0.5, 0.6) is 5.75 Å². The van der Waals surface area contributed by atoms with Crippen molar-refractivity contribution in [3.8, 4) is 5.75 Å². The molecular formula is C19H21NO4. The smallest absolute Gasteiger partial charge is 0.340 e. The van der Waals surface area contributed by atoms with Crippen LogP contribution in [0.4, 0.5) is 5.69 Å². The van der Waals surface area contributed by atoms with Gasteiger partial charge in [0.1, 0.15) is 5.75 Å². The van der Waals surface area contributed by atoms with Gasteiger partial charge in [-0.1, -0.05) is 37.3 Å². The van der Waals surface area contributed by atoms with Crippen LogP contribution in [0.3, 0.4) is 0 Å². The number of ether oxygens (including phenoxy) is 2. The number of hydrogen-bond donors (Lipinski definition) is 1. The maximum absolute atomic E-state index is 12.5. The van der Waals surface area contributed by atoms with Gasteiger partial charge in [0.05, 0.1) is 17.9 Å². The summed E-state index contributed by atoms with van der Waals surface area (Å²) >= 11 is 0. The normalized spacial score (nSPS) is 11.4. The van der Waals surface area contributed by atoms with Crippen molar-refractivity contribution < 1.29 is 19.1 Å². The van der Waals surface area contributed by atoms with Gasteiger partial charge in [-0.2, -0.15) is 0 Å². The Kier molecular flexibility index (Phi) is 6.37. The number of anilines is 1. The molecule has 5 nitrogen and oxygen atoms in total. The van der Waals surface area contributed by atoms with Crippen molar-refractivity contribution in [1.82, 2.24) is 0 Å². The average molecular weight is 327 g/mol. The van der Waals surface area contributed by atoms with Crippen LogP contribution in [-0.2, 0) is 9.53 Å². The van der Waals surface area contributed by atoms with Crippen molar-refractivity contribution in [2.24, 2.45) is 0 Å². The maximum atomic E-state index is 12.5. The molecule has 0 heterocycles. The fourth-order valence-electron chi connectivity index (χ4n) is 2.18. The third kappa shape index (κ3) is 4.59. The Morgan fingerprint density at radius 2 is 1.67 bits per heavy atom. The molecule has 126 valence electrons. The Balaban J connectivity index is 2.12. The van der Waals surface area contributed by atoms with Gasteiger partial charge in [0.15, 0.2) is 6.10 Å². The standard InChI is InChI=1S/C19H21NO4/c1-3-17(24-14-10-6-5-7-11-14)18(21)20-16-13-9-8-12-15(16)19(22)23-4-2/h5-13,17H,3-4H2,1-2H3,(H,20,21). The largest absolute Gasteiger partial charge is 0.481 e. The molecule has 0 aliphatic rings. The fraction of sp³-hybridized carbons (Fsp3) is 0.263. The third-order valence-corrected chi connectivity index (χ3v) is 3.37. The minimum atomic E-state index is -0.650. The number of benzene rings is 2. The molecule has 1 amide bonds. The van der Waals surface area contributed by atoms with Crippen LogP contribution in [0.1, 0.15) is 30.6 Å². The van der Waals surface area contributed by atoms with Crippen LogP contribution in [0.25, 0.3) is 0 Å². The van der Waals surface area contributed by atoms with E-state index in [1.54, 1.807) is 43.3 Å². The Morgan fingerprint density at radius 3 is 2.33 bits per heavy atom. The highest BCUT2D eigenvalue weighted by atomic mass is 16.5. The highest BCUT2D eigenvalue weighted by Gasteiger charge is 2.21. The molecule has 0 saturated heterocycles. The summed E-state index contributed by atoms with van der Waals surface area (Å²) in [6.07, 6.45) is -0.148. The molecule has 5 heteroatoms. The van der Waals surface area contributed by atoms with Crippen LogP contribution in [-0.4, -0.2) is 24.6 Å². The SMILES string of the molecule is CCOC(=O)c1ccccc1NC(=O)C(CC)Oc1ccccc1. The molecule has 2 rings (SSSR count). The topological polar surface area (TPSA) is 64.6 Å². The van der Waals surface area contributed by atoms with E-state index in [9.17, 15) is 9.59 Å². The second kappa shape index (κ2) is 8.72. The van der Waals surface area contributed by atoms with Crippen LogP contribution in [0.2, 0.25) is 0 Å². The summed E-state index contributed by atoms with van der Waals surface area (Å²) < 4.78 is 10.7. The lowest BCUT2D eigenvalue weighted by atomic mass is 10.1. The molecule has 0 radical (unpaired) electrons. The molecule has 0 saturated carbocycles. The van der Waals surface area contributed by atoms with Crippen molar-refractivity contribution >= 4 is 17.6 Å². The van der Waals surface area contributed by atoms with Gasteiger partial charge in [-0.05, 0) is 37.6 Å². The quantitative estimate of drug-likeness (QED) is 0.788. The highest BCUT2D eigenvalue weighted by molar-refractivity contribution is 6.02. The number of carbonyl (C=O) groups excluding carboxylic acids is 2. The van der Waals surface area contributed by atoms with E-state index >= 15 is 0 Å². The molecule has 0 aliphatic heterocycles. The molecular weight excluding hydrogens is 306 g/mol. The highest BCUT2D eigenvalue weighted by Crippen LogP contribution is 2.18. The van der Waals surface area contributed by atoms with Crippen molar-refractivity contribution in [3.63, 3.8) is 0 Å². The van der Waals surface area contributed by atoms with Crippen LogP contribution in [0, 0.1) is 0 Å².